The molecule has 0 aliphatic rings. The Labute approximate surface area is 196 Å². The summed E-state index contributed by atoms with van der Waals surface area (Å²) in [5.74, 6) is -2.68. The molecule has 0 radical (unpaired) electrons. The minimum absolute atomic E-state index is 0.0127. The lowest BCUT2D eigenvalue weighted by molar-refractivity contribution is 0.0953. The fourth-order valence-corrected chi connectivity index (χ4v) is 3.79. The maximum absolute atomic E-state index is 14.4. The number of hydrogen-bond donors (Lipinski definition) is 1. The highest BCUT2D eigenvalue weighted by atomic mass is 19.2. The van der Waals surface area contributed by atoms with Gasteiger partial charge in [-0.15, -0.1) is 0 Å². The fourth-order valence-electron chi connectivity index (χ4n) is 3.79. The largest absolute Gasteiger partial charge is 0.487 e. The highest BCUT2D eigenvalue weighted by molar-refractivity contribution is 5.98. The third kappa shape index (κ3) is 5.25. The van der Waals surface area contributed by atoms with Crippen LogP contribution in [0.5, 0.6) is 5.75 Å². The molecule has 7 heteroatoms. The number of unbranched alkanes of at least 4 members (excludes halogenated alkanes) is 1. The molecule has 1 heterocycles. The average molecular weight is 467 g/mol. The zero-order valence-electron chi connectivity index (χ0n) is 18.8. The van der Waals surface area contributed by atoms with Crippen LogP contribution >= 0.6 is 0 Å². The average Bonchev–Trinajstić information content (AvgIpc) is 3.18. The Morgan fingerprint density at radius 3 is 2.47 bits per heavy atom. The maximum atomic E-state index is 14.4. The zero-order chi connectivity index (χ0) is 24.1. The number of aromatic nitrogens is 1. The number of hydrogen-bond acceptors (Lipinski definition) is 2. The zero-order valence-corrected chi connectivity index (χ0v) is 18.8. The van der Waals surface area contributed by atoms with Crippen molar-refractivity contribution in [2.45, 2.75) is 32.9 Å². The fraction of sp³-hybridized carbons (Fsp3) is 0.222. The number of rotatable bonds is 9. The number of carbonyl (C=O) groups excluding carboxylic acids is 1. The molecule has 4 nitrogen and oxygen atoms in total. The van der Waals surface area contributed by atoms with Gasteiger partial charge in [-0.2, -0.15) is 0 Å². The molecule has 0 bridgehead atoms. The number of carbonyl (C=O) groups is 1. The lowest BCUT2D eigenvalue weighted by Gasteiger charge is -2.13. The van der Waals surface area contributed by atoms with Gasteiger partial charge >= 0.3 is 0 Å². The van der Waals surface area contributed by atoms with E-state index in [2.05, 4.69) is 12.2 Å². The number of benzene rings is 3. The van der Waals surface area contributed by atoms with Gasteiger partial charge in [0.15, 0.2) is 11.6 Å². The Morgan fingerprint density at radius 2 is 1.71 bits per heavy atom. The van der Waals surface area contributed by atoms with Crippen molar-refractivity contribution >= 4 is 16.8 Å². The number of ether oxygens (including phenoxy) is 1. The normalized spacial score (nSPS) is 11.1. The van der Waals surface area contributed by atoms with Crippen LogP contribution in [0.1, 0.15) is 41.4 Å². The van der Waals surface area contributed by atoms with Gasteiger partial charge in [0.05, 0.1) is 12.2 Å². The molecule has 0 saturated heterocycles. The first kappa shape index (κ1) is 23.4. The Hall–Kier alpha value is -3.74. The summed E-state index contributed by atoms with van der Waals surface area (Å²) in [6.07, 6.45) is 1.87. The van der Waals surface area contributed by atoms with E-state index in [1.807, 2.05) is 36.4 Å². The molecule has 0 aliphatic carbocycles. The predicted octanol–water partition coefficient (Wildman–Crippen LogP) is 6.22. The van der Waals surface area contributed by atoms with E-state index in [0.717, 1.165) is 29.8 Å². The number of halogens is 3. The van der Waals surface area contributed by atoms with Crippen LogP contribution in [0, 0.1) is 17.5 Å². The van der Waals surface area contributed by atoms with Crippen LogP contribution in [-0.4, -0.2) is 17.0 Å². The summed E-state index contributed by atoms with van der Waals surface area (Å²) in [7, 11) is 0. The number of amides is 1. The second-order valence-corrected chi connectivity index (χ2v) is 8.06. The van der Waals surface area contributed by atoms with Gasteiger partial charge in [-0.3, -0.25) is 4.79 Å². The van der Waals surface area contributed by atoms with Crippen molar-refractivity contribution in [1.82, 2.24) is 9.88 Å². The molecule has 1 amide bonds. The number of nitrogens with zero attached hydrogens (tertiary/aromatic N) is 1. The van der Waals surface area contributed by atoms with Crippen molar-refractivity contribution in [2.24, 2.45) is 0 Å². The monoisotopic (exact) mass is 466 g/mol. The van der Waals surface area contributed by atoms with E-state index in [1.54, 1.807) is 22.8 Å². The molecule has 176 valence electrons. The standard InChI is InChI=1S/C27H25F3N2O2/c1-2-3-11-31-27(33)18-9-10-26-19(12-18)13-21(17-34-22-7-5-4-6-8-22)32(26)16-20-14-24(29)25(30)15-23(20)28/h4-10,12-15H,2-3,11,16-17H2,1H3,(H,31,33). The van der Waals surface area contributed by atoms with E-state index in [1.165, 1.54) is 0 Å². The Balaban J connectivity index is 1.69. The molecule has 34 heavy (non-hydrogen) atoms. The van der Waals surface area contributed by atoms with Crippen molar-refractivity contribution in [3.8, 4) is 5.75 Å². The van der Waals surface area contributed by atoms with Crippen molar-refractivity contribution in [1.29, 1.82) is 0 Å². The molecule has 4 aromatic rings. The van der Waals surface area contributed by atoms with E-state index in [9.17, 15) is 18.0 Å². The topological polar surface area (TPSA) is 43.3 Å². The van der Waals surface area contributed by atoms with Crippen molar-refractivity contribution < 1.29 is 22.7 Å². The van der Waals surface area contributed by atoms with Crippen LogP contribution in [0.25, 0.3) is 10.9 Å². The number of para-hydroxylation sites is 1. The van der Waals surface area contributed by atoms with Gasteiger partial charge in [-0.05, 0) is 48.9 Å². The van der Waals surface area contributed by atoms with Crippen LogP contribution < -0.4 is 10.1 Å². The molecule has 0 saturated carbocycles. The number of fused-ring (bicyclic) bond motifs is 1. The van der Waals surface area contributed by atoms with Crippen LogP contribution in [0.2, 0.25) is 0 Å². The summed E-state index contributed by atoms with van der Waals surface area (Å²) in [5.41, 5.74) is 1.95. The van der Waals surface area contributed by atoms with Gasteiger partial charge in [0.1, 0.15) is 18.2 Å². The first-order valence-electron chi connectivity index (χ1n) is 11.2. The van der Waals surface area contributed by atoms with E-state index >= 15 is 0 Å². The van der Waals surface area contributed by atoms with Gasteiger partial charge in [-0.1, -0.05) is 31.5 Å². The predicted molar refractivity (Wildman–Crippen MR) is 125 cm³/mol. The van der Waals surface area contributed by atoms with Crippen LogP contribution in [0.15, 0.2) is 66.7 Å². The van der Waals surface area contributed by atoms with Crippen molar-refractivity contribution in [2.75, 3.05) is 6.54 Å². The second kappa shape index (κ2) is 10.5. The van der Waals surface area contributed by atoms with Crippen LogP contribution in [-0.2, 0) is 13.2 Å². The summed E-state index contributed by atoms with van der Waals surface area (Å²) in [6, 6.07) is 17.7. The van der Waals surface area contributed by atoms with E-state index in [0.29, 0.717) is 29.6 Å². The molecule has 0 aliphatic heterocycles. The van der Waals surface area contributed by atoms with Gasteiger partial charge in [0.2, 0.25) is 0 Å². The van der Waals surface area contributed by atoms with Crippen molar-refractivity contribution in [3.63, 3.8) is 0 Å². The van der Waals surface area contributed by atoms with E-state index in [4.69, 9.17) is 4.74 Å². The van der Waals surface area contributed by atoms with Gasteiger partial charge in [0.25, 0.3) is 5.91 Å². The minimum atomic E-state index is -1.23. The molecule has 4 rings (SSSR count). The first-order chi connectivity index (χ1) is 16.5. The Kier molecular flexibility index (Phi) is 7.21. The smallest absolute Gasteiger partial charge is 0.251 e. The highest BCUT2D eigenvalue weighted by Crippen LogP contribution is 2.26. The molecule has 3 aromatic carbocycles. The maximum Gasteiger partial charge on any atom is 0.251 e. The molecule has 1 N–H and O–H groups in total. The summed E-state index contributed by atoms with van der Waals surface area (Å²) < 4.78 is 49.3. The second-order valence-electron chi connectivity index (χ2n) is 8.06. The van der Waals surface area contributed by atoms with Gasteiger partial charge < -0.3 is 14.6 Å². The number of nitrogens with one attached hydrogen (secondary N) is 1. The Morgan fingerprint density at radius 1 is 0.941 bits per heavy atom. The molecular formula is C27H25F3N2O2. The van der Waals surface area contributed by atoms with Gasteiger partial charge in [-0.25, -0.2) is 13.2 Å². The minimum Gasteiger partial charge on any atom is -0.487 e. The third-order valence-corrected chi connectivity index (χ3v) is 5.61. The van der Waals surface area contributed by atoms with E-state index in [-0.39, 0.29) is 24.6 Å². The Bertz CT molecular complexity index is 1300. The lowest BCUT2D eigenvalue weighted by Crippen LogP contribution is -2.24. The molecule has 1 aromatic heterocycles. The first-order valence-corrected chi connectivity index (χ1v) is 11.2. The molecule has 0 unspecified atom stereocenters. The van der Waals surface area contributed by atoms with E-state index < -0.39 is 17.5 Å². The van der Waals surface area contributed by atoms with Gasteiger partial charge in [0, 0.05) is 34.6 Å². The van der Waals surface area contributed by atoms with Crippen LogP contribution in [0.3, 0.4) is 0 Å². The third-order valence-electron chi connectivity index (χ3n) is 5.61. The SMILES string of the molecule is CCCCNC(=O)c1ccc2c(c1)cc(COc1ccccc1)n2Cc1cc(F)c(F)cc1F. The quantitative estimate of drug-likeness (QED) is 0.235. The highest BCUT2D eigenvalue weighted by Gasteiger charge is 2.16. The molecular weight excluding hydrogens is 441 g/mol. The summed E-state index contributed by atoms with van der Waals surface area (Å²) in [5, 5.41) is 3.66. The lowest BCUT2D eigenvalue weighted by atomic mass is 10.1. The summed E-state index contributed by atoms with van der Waals surface area (Å²) in [4.78, 5) is 12.5. The molecule has 0 atom stereocenters. The summed E-state index contributed by atoms with van der Waals surface area (Å²) >= 11 is 0. The molecule has 0 fully saturated rings. The molecule has 0 spiro atoms. The summed E-state index contributed by atoms with van der Waals surface area (Å²) in [6.45, 7) is 2.79. The van der Waals surface area contributed by atoms with Crippen molar-refractivity contribution in [3.05, 3.63) is 101 Å². The van der Waals surface area contributed by atoms with Crippen LogP contribution in [0.4, 0.5) is 13.2 Å².